The fourth-order valence-electron chi connectivity index (χ4n) is 4.46. The Kier molecular flexibility index (Phi) is 4.07. The van der Waals surface area contributed by atoms with Crippen LogP contribution in [0.1, 0.15) is 46.2 Å². The second kappa shape index (κ2) is 6.49. The van der Waals surface area contributed by atoms with Gasteiger partial charge in [-0.3, -0.25) is 13.8 Å². The summed E-state index contributed by atoms with van der Waals surface area (Å²) in [6.07, 6.45) is 5.28. The molecule has 1 aromatic carbocycles. The predicted molar refractivity (Wildman–Crippen MR) is 115 cm³/mol. The fraction of sp³-hybridized carbons (Fsp3) is 0.409. The van der Waals surface area contributed by atoms with Gasteiger partial charge < -0.3 is 4.74 Å². The van der Waals surface area contributed by atoms with E-state index in [4.69, 9.17) is 4.74 Å². The molecule has 9 heteroatoms. The van der Waals surface area contributed by atoms with Crippen LogP contribution in [-0.2, 0) is 15.9 Å². The number of nitriles is 1. The molecule has 1 fully saturated rings. The van der Waals surface area contributed by atoms with Gasteiger partial charge in [-0.1, -0.05) is 38.1 Å². The zero-order valence-corrected chi connectivity index (χ0v) is 18.0. The fourth-order valence-corrected chi connectivity index (χ4v) is 4.46. The summed E-state index contributed by atoms with van der Waals surface area (Å²) >= 11 is 0. The van der Waals surface area contributed by atoms with Crippen LogP contribution >= 0.6 is 0 Å². The summed E-state index contributed by atoms with van der Waals surface area (Å²) in [4.78, 5) is 18.5. The molecule has 9 nitrogen and oxygen atoms in total. The average molecular weight is 417 g/mol. The Morgan fingerprint density at radius 3 is 2.61 bits per heavy atom. The largest absolute Gasteiger partial charge is 0.355 e. The topological polar surface area (TPSA) is 103 Å². The summed E-state index contributed by atoms with van der Waals surface area (Å²) in [5.74, 6) is 0. The van der Waals surface area contributed by atoms with Crippen LogP contribution in [0.25, 0.3) is 27.9 Å². The number of imidazole rings is 1. The third kappa shape index (κ3) is 2.72. The van der Waals surface area contributed by atoms with Crippen molar-refractivity contribution in [3.05, 3.63) is 46.6 Å². The molecule has 1 saturated heterocycles. The van der Waals surface area contributed by atoms with Crippen molar-refractivity contribution >= 4 is 16.6 Å². The molecule has 1 atom stereocenters. The summed E-state index contributed by atoms with van der Waals surface area (Å²) in [5.41, 5.74) is 2.06. The molecule has 3 aromatic heterocycles. The Bertz CT molecular complexity index is 1420. The van der Waals surface area contributed by atoms with Crippen molar-refractivity contribution in [1.82, 2.24) is 28.9 Å². The van der Waals surface area contributed by atoms with Gasteiger partial charge in [-0.05, 0) is 31.9 Å². The lowest BCUT2D eigenvalue weighted by atomic mass is 9.90. The molecule has 4 aromatic rings. The summed E-state index contributed by atoms with van der Waals surface area (Å²) in [5, 5.41) is 17.9. The van der Waals surface area contributed by atoms with E-state index in [1.165, 1.54) is 0 Å². The molecule has 0 radical (unpaired) electrons. The maximum absolute atomic E-state index is 14.0. The van der Waals surface area contributed by atoms with Crippen LogP contribution in [0.3, 0.4) is 0 Å². The van der Waals surface area contributed by atoms with Crippen molar-refractivity contribution in [3.63, 3.8) is 0 Å². The number of aromatic nitrogens is 6. The molecular weight excluding hydrogens is 394 g/mol. The minimum Gasteiger partial charge on any atom is -0.355 e. The van der Waals surface area contributed by atoms with Crippen molar-refractivity contribution in [3.8, 4) is 17.6 Å². The van der Waals surface area contributed by atoms with Gasteiger partial charge in [0.15, 0.2) is 0 Å². The third-order valence-electron chi connectivity index (χ3n) is 5.93. The number of fused-ring (bicyclic) bond motifs is 3. The van der Waals surface area contributed by atoms with Crippen LogP contribution in [0, 0.1) is 11.5 Å². The van der Waals surface area contributed by atoms with Crippen LogP contribution in [0.2, 0.25) is 0 Å². The lowest BCUT2D eigenvalue weighted by Gasteiger charge is -2.28. The number of benzene rings is 1. The Balaban J connectivity index is 1.94. The lowest BCUT2D eigenvalue weighted by molar-refractivity contribution is -0.0447. The molecule has 4 heterocycles. The molecule has 0 bridgehead atoms. The molecule has 0 saturated carbocycles. The summed E-state index contributed by atoms with van der Waals surface area (Å²) in [6.45, 7) is 8.51. The summed E-state index contributed by atoms with van der Waals surface area (Å²) in [7, 11) is 0. The van der Waals surface area contributed by atoms with Gasteiger partial charge in [0.25, 0.3) is 5.56 Å². The molecule has 31 heavy (non-hydrogen) atoms. The number of hydrogen-bond acceptors (Lipinski definition) is 6. The van der Waals surface area contributed by atoms with E-state index in [-0.39, 0.29) is 5.56 Å². The molecule has 158 valence electrons. The first-order valence-corrected chi connectivity index (χ1v) is 10.3. The standard InChI is InChI=1S/C22H23N7O2/c1-21(2,3)19-17(28(12-23)26-25-19)16-18-20(30)29(22(4)10-7-11-31-22)15-9-6-5-8-14(15)27(18)13-24-16/h5-6,8-9,13H,7,10-11H2,1-4H3. The lowest BCUT2D eigenvalue weighted by Crippen LogP contribution is -2.39. The molecule has 0 aliphatic carbocycles. The number of hydrogen-bond donors (Lipinski definition) is 0. The SMILES string of the molecule is CC(C)(C)c1nnn(C#N)c1-c1ncn2c1c(=O)n(C1(C)CCCO1)c1ccccc12. The second-order valence-corrected chi connectivity index (χ2v) is 9.12. The second-order valence-electron chi connectivity index (χ2n) is 9.12. The van der Waals surface area contributed by atoms with Gasteiger partial charge in [-0.15, -0.1) is 9.78 Å². The van der Waals surface area contributed by atoms with Gasteiger partial charge in [-0.25, -0.2) is 4.98 Å². The average Bonchev–Trinajstić information content (AvgIpc) is 3.45. The first-order chi connectivity index (χ1) is 14.8. The van der Waals surface area contributed by atoms with Gasteiger partial charge in [0.2, 0.25) is 6.19 Å². The highest BCUT2D eigenvalue weighted by Crippen LogP contribution is 2.35. The van der Waals surface area contributed by atoms with E-state index in [1.807, 2.05) is 58.2 Å². The van der Waals surface area contributed by atoms with E-state index in [1.54, 1.807) is 15.3 Å². The van der Waals surface area contributed by atoms with E-state index < -0.39 is 11.1 Å². The van der Waals surface area contributed by atoms with E-state index in [0.717, 1.165) is 28.6 Å². The highest BCUT2D eigenvalue weighted by atomic mass is 16.5. The van der Waals surface area contributed by atoms with Gasteiger partial charge in [0.1, 0.15) is 29.0 Å². The monoisotopic (exact) mass is 417 g/mol. The van der Waals surface area contributed by atoms with E-state index in [2.05, 4.69) is 15.3 Å². The van der Waals surface area contributed by atoms with E-state index >= 15 is 0 Å². The molecule has 0 amide bonds. The van der Waals surface area contributed by atoms with E-state index in [0.29, 0.717) is 29.2 Å². The maximum Gasteiger partial charge on any atom is 0.280 e. The normalized spacial score (nSPS) is 19.3. The third-order valence-corrected chi connectivity index (χ3v) is 5.93. The Morgan fingerprint density at radius 1 is 1.23 bits per heavy atom. The van der Waals surface area contributed by atoms with Crippen molar-refractivity contribution in [2.24, 2.45) is 0 Å². The Labute approximate surface area is 178 Å². The molecule has 1 aliphatic heterocycles. The van der Waals surface area contributed by atoms with Crippen LogP contribution in [-0.4, -0.2) is 35.6 Å². The molecule has 0 spiro atoms. The van der Waals surface area contributed by atoms with Gasteiger partial charge >= 0.3 is 0 Å². The van der Waals surface area contributed by atoms with Crippen molar-refractivity contribution in [2.75, 3.05) is 6.61 Å². The zero-order valence-electron chi connectivity index (χ0n) is 18.0. The van der Waals surface area contributed by atoms with Gasteiger partial charge in [0.05, 0.1) is 16.7 Å². The summed E-state index contributed by atoms with van der Waals surface area (Å²) in [6, 6.07) is 7.71. The molecule has 1 aliphatic rings. The van der Waals surface area contributed by atoms with Crippen LogP contribution in [0.5, 0.6) is 0 Å². The smallest absolute Gasteiger partial charge is 0.280 e. The van der Waals surface area contributed by atoms with Crippen LogP contribution in [0.4, 0.5) is 0 Å². The molecular formula is C22H23N7O2. The van der Waals surface area contributed by atoms with E-state index in [9.17, 15) is 10.1 Å². The van der Waals surface area contributed by atoms with Crippen molar-refractivity contribution in [1.29, 1.82) is 5.26 Å². The first kappa shape index (κ1) is 19.5. The minimum absolute atomic E-state index is 0.221. The first-order valence-electron chi connectivity index (χ1n) is 10.3. The number of nitrogens with zero attached hydrogens (tertiary/aromatic N) is 7. The maximum atomic E-state index is 14.0. The summed E-state index contributed by atoms with van der Waals surface area (Å²) < 4.78 is 10.7. The molecule has 5 rings (SSSR count). The van der Waals surface area contributed by atoms with Crippen LogP contribution < -0.4 is 5.56 Å². The zero-order chi connectivity index (χ0) is 22.0. The highest BCUT2D eigenvalue weighted by molar-refractivity contribution is 5.85. The van der Waals surface area contributed by atoms with Gasteiger partial charge in [-0.2, -0.15) is 5.26 Å². The Morgan fingerprint density at radius 2 is 1.97 bits per heavy atom. The predicted octanol–water partition coefficient (Wildman–Crippen LogP) is 3.02. The molecule has 0 N–H and O–H groups in total. The number of ether oxygens (including phenoxy) is 1. The number of rotatable bonds is 2. The van der Waals surface area contributed by atoms with Crippen molar-refractivity contribution in [2.45, 2.75) is 51.7 Å². The van der Waals surface area contributed by atoms with Gasteiger partial charge in [0, 0.05) is 12.0 Å². The highest BCUT2D eigenvalue weighted by Gasteiger charge is 2.36. The van der Waals surface area contributed by atoms with Crippen molar-refractivity contribution < 1.29 is 4.74 Å². The van der Waals surface area contributed by atoms with Crippen LogP contribution in [0.15, 0.2) is 35.4 Å². The Hall–Kier alpha value is -3.51. The minimum atomic E-state index is -0.749. The number of para-hydroxylation sites is 2. The quantitative estimate of drug-likeness (QED) is 0.497. The molecule has 1 unspecified atom stereocenters.